The lowest BCUT2D eigenvalue weighted by molar-refractivity contribution is 0.181. The number of ether oxygens (including phenoxy) is 2. The molecule has 0 bridgehead atoms. The van der Waals surface area contributed by atoms with Crippen LogP contribution in [0.5, 0.6) is 5.88 Å². The van der Waals surface area contributed by atoms with E-state index in [-0.39, 0.29) is 5.56 Å². The van der Waals surface area contributed by atoms with Crippen LogP contribution in [0.3, 0.4) is 0 Å². The first-order valence-corrected chi connectivity index (χ1v) is 8.89. The van der Waals surface area contributed by atoms with Gasteiger partial charge in [-0.25, -0.2) is 14.5 Å². The van der Waals surface area contributed by atoms with Crippen LogP contribution in [0.1, 0.15) is 5.69 Å². The lowest BCUT2D eigenvalue weighted by Gasteiger charge is -2.07. The normalized spacial score (nSPS) is 11.1. The van der Waals surface area contributed by atoms with E-state index >= 15 is 0 Å². The molecule has 0 unspecified atom stereocenters. The van der Waals surface area contributed by atoms with Crippen LogP contribution in [0.2, 0.25) is 5.02 Å². The molecule has 0 saturated heterocycles. The van der Waals surface area contributed by atoms with Gasteiger partial charge in [-0.05, 0) is 29.8 Å². The summed E-state index contributed by atoms with van der Waals surface area (Å²) in [5, 5.41) is 3.72. The number of rotatable bonds is 5. The molecule has 4 rings (SSSR count). The van der Waals surface area contributed by atoms with Gasteiger partial charge in [0.1, 0.15) is 0 Å². The molecule has 0 spiro atoms. The molecule has 0 aliphatic heterocycles. The monoisotopic (exact) mass is 396 g/mol. The second-order valence-corrected chi connectivity index (χ2v) is 6.54. The second-order valence-electron chi connectivity index (χ2n) is 6.10. The van der Waals surface area contributed by atoms with Gasteiger partial charge in [0.05, 0.1) is 30.7 Å². The number of hydrogen-bond donors (Lipinski definition) is 1. The van der Waals surface area contributed by atoms with Crippen LogP contribution in [0.4, 0.5) is 0 Å². The van der Waals surface area contributed by atoms with Crippen molar-refractivity contribution >= 4 is 17.2 Å². The second kappa shape index (κ2) is 7.46. The fourth-order valence-corrected chi connectivity index (χ4v) is 3.26. The first kappa shape index (κ1) is 18.2. The van der Waals surface area contributed by atoms with Crippen LogP contribution in [-0.2, 0) is 11.3 Å². The van der Waals surface area contributed by atoms with Crippen molar-refractivity contribution in [2.24, 2.45) is 0 Å². The first-order valence-electron chi connectivity index (χ1n) is 8.51. The Labute approximate surface area is 165 Å². The Morgan fingerprint density at radius 1 is 1.18 bits per heavy atom. The number of methoxy groups -OCH3 is 2. The summed E-state index contributed by atoms with van der Waals surface area (Å²) in [6.07, 6.45) is 1.62. The summed E-state index contributed by atoms with van der Waals surface area (Å²) < 4.78 is 12.0. The highest BCUT2D eigenvalue weighted by Gasteiger charge is 2.19. The van der Waals surface area contributed by atoms with Crippen molar-refractivity contribution in [2.75, 3.05) is 14.2 Å². The zero-order valence-corrected chi connectivity index (χ0v) is 16.0. The van der Waals surface area contributed by atoms with Crippen molar-refractivity contribution in [3.63, 3.8) is 0 Å². The molecule has 0 saturated carbocycles. The molecule has 28 heavy (non-hydrogen) atoms. The van der Waals surface area contributed by atoms with E-state index in [9.17, 15) is 4.79 Å². The minimum absolute atomic E-state index is 0.247. The molecule has 0 aliphatic carbocycles. The third kappa shape index (κ3) is 3.15. The van der Waals surface area contributed by atoms with E-state index in [0.29, 0.717) is 34.4 Å². The van der Waals surface area contributed by atoms with Crippen LogP contribution in [0.25, 0.3) is 28.0 Å². The number of nitrogens with zero attached hydrogens (tertiary/aromatic N) is 3. The van der Waals surface area contributed by atoms with E-state index in [1.165, 1.54) is 17.7 Å². The fourth-order valence-electron chi connectivity index (χ4n) is 3.14. The Hall–Kier alpha value is -3.16. The van der Waals surface area contributed by atoms with Gasteiger partial charge in [0, 0.05) is 30.0 Å². The molecular weight excluding hydrogens is 380 g/mol. The van der Waals surface area contributed by atoms with Crippen molar-refractivity contribution in [1.29, 1.82) is 0 Å². The number of hydrogen-bond acceptors (Lipinski definition) is 5. The quantitative estimate of drug-likeness (QED) is 0.557. The van der Waals surface area contributed by atoms with Gasteiger partial charge in [-0.1, -0.05) is 23.7 Å². The van der Waals surface area contributed by atoms with E-state index in [2.05, 4.69) is 10.1 Å². The maximum Gasteiger partial charge on any atom is 0.273 e. The SMILES string of the molecule is COCc1[nH]n2c(=O)cc(-c3cccnc3OC)nc2c1-c1ccc(Cl)cc1. The van der Waals surface area contributed by atoms with Gasteiger partial charge in [0.2, 0.25) is 5.88 Å². The number of aromatic amines is 1. The van der Waals surface area contributed by atoms with Gasteiger partial charge in [-0.15, -0.1) is 0 Å². The Morgan fingerprint density at radius 3 is 2.68 bits per heavy atom. The summed E-state index contributed by atoms with van der Waals surface area (Å²) in [5.41, 5.74) is 3.75. The third-order valence-electron chi connectivity index (χ3n) is 4.35. The largest absolute Gasteiger partial charge is 0.481 e. The summed E-state index contributed by atoms with van der Waals surface area (Å²) in [4.78, 5) is 21.7. The van der Waals surface area contributed by atoms with Crippen LogP contribution < -0.4 is 10.3 Å². The highest BCUT2D eigenvalue weighted by molar-refractivity contribution is 6.30. The fraction of sp³-hybridized carbons (Fsp3) is 0.150. The van der Waals surface area contributed by atoms with Crippen molar-refractivity contribution in [3.05, 3.63) is 69.7 Å². The average molecular weight is 397 g/mol. The number of aromatic nitrogens is 4. The van der Waals surface area contributed by atoms with Gasteiger partial charge in [-0.2, -0.15) is 0 Å². The Balaban J connectivity index is 2.01. The van der Waals surface area contributed by atoms with Gasteiger partial charge >= 0.3 is 0 Å². The van der Waals surface area contributed by atoms with Crippen LogP contribution in [0.15, 0.2) is 53.5 Å². The van der Waals surface area contributed by atoms with Crippen LogP contribution >= 0.6 is 11.6 Å². The summed E-state index contributed by atoms with van der Waals surface area (Å²) in [6, 6.07) is 12.4. The molecular formula is C20H17ClN4O3. The Bertz CT molecular complexity index is 1200. The molecule has 0 aliphatic rings. The third-order valence-corrected chi connectivity index (χ3v) is 4.60. The number of halogens is 1. The standard InChI is InChI=1S/C20H17ClN4O3/c1-27-11-16-18(12-5-7-13(21)8-6-12)19-23-15(10-17(26)25(19)24-16)14-4-3-9-22-20(14)28-2/h3-10,24H,11H2,1-2H3. The molecule has 0 amide bonds. The predicted octanol–water partition coefficient (Wildman–Crippen LogP) is 3.56. The molecule has 4 aromatic rings. The summed E-state index contributed by atoms with van der Waals surface area (Å²) >= 11 is 6.03. The van der Waals surface area contributed by atoms with Crippen LogP contribution in [-0.4, -0.2) is 33.8 Å². The van der Waals surface area contributed by atoms with E-state index in [1.807, 2.05) is 18.2 Å². The van der Waals surface area contributed by atoms with E-state index in [1.54, 1.807) is 31.5 Å². The Morgan fingerprint density at radius 2 is 1.96 bits per heavy atom. The topological polar surface area (TPSA) is 81.5 Å². The summed E-state index contributed by atoms with van der Waals surface area (Å²) in [6.45, 7) is 0.298. The first-order chi connectivity index (χ1) is 13.6. The van der Waals surface area contributed by atoms with Crippen molar-refractivity contribution in [3.8, 4) is 28.3 Å². The Kier molecular flexibility index (Phi) is 4.85. The molecule has 1 N–H and O–H groups in total. The molecule has 0 atom stereocenters. The highest BCUT2D eigenvalue weighted by atomic mass is 35.5. The van der Waals surface area contributed by atoms with Gasteiger partial charge < -0.3 is 9.47 Å². The summed E-state index contributed by atoms with van der Waals surface area (Å²) in [5.74, 6) is 0.402. The maximum absolute atomic E-state index is 12.8. The minimum atomic E-state index is -0.247. The van der Waals surface area contributed by atoms with Gasteiger partial charge in [0.25, 0.3) is 5.56 Å². The molecule has 142 valence electrons. The lowest BCUT2D eigenvalue weighted by Crippen LogP contribution is -2.14. The molecule has 1 aromatic carbocycles. The maximum atomic E-state index is 12.8. The van der Waals surface area contributed by atoms with Gasteiger partial charge in [-0.3, -0.25) is 9.89 Å². The summed E-state index contributed by atoms with van der Waals surface area (Å²) in [7, 11) is 3.13. The molecule has 3 heterocycles. The molecule has 7 nitrogen and oxygen atoms in total. The molecule has 0 radical (unpaired) electrons. The van der Waals surface area contributed by atoms with Crippen molar-refractivity contribution in [1.82, 2.24) is 19.6 Å². The minimum Gasteiger partial charge on any atom is -0.481 e. The molecule has 8 heteroatoms. The number of pyridine rings is 1. The smallest absolute Gasteiger partial charge is 0.273 e. The molecule has 0 fully saturated rings. The number of benzene rings is 1. The zero-order valence-electron chi connectivity index (χ0n) is 15.3. The van der Waals surface area contributed by atoms with E-state index in [4.69, 9.17) is 26.1 Å². The number of H-pyrrole nitrogens is 1. The zero-order chi connectivity index (χ0) is 19.7. The molecule has 3 aromatic heterocycles. The number of nitrogens with one attached hydrogen (secondary N) is 1. The van der Waals surface area contributed by atoms with Crippen molar-refractivity contribution < 1.29 is 9.47 Å². The van der Waals surface area contributed by atoms with Crippen LogP contribution in [0, 0.1) is 0 Å². The van der Waals surface area contributed by atoms with E-state index in [0.717, 1.165) is 16.8 Å². The van der Waals surface area contributed by atoms with E-state index < -0.39 is 0 Å². The highest BCUT2D eigenvalue weighted by Crippen LogP contribution is 2.31. The predicted molar refractivity (Wildman–Crippen MR) is 107 cm³/mol. The average Bonchev–Trinajstić information content (AvgIpc) is 3.07. The number of fused-ring (bicyclic) bond motifs is 1. The lowest BCUT2D eigenvalue weighted by atomic mass is 10.1. The van der Waals surface area contributed by atoms with Crippen molar-refractivity contribution in [2.45, 2.75) is 6.61 Å². The van der Waals surface area contributed by atoms with Gasteiger partial charge in [0.15, 0.2) is 5.65 Å².